The lowest BCUT2D eigenvalue weighted by molar-refractivity contribution is -0.497. The van der Waals surface area contributed by atoms with Crippen LogP contribution in [0.3, 0.4) is 0 Å². The molecule has 0 radical (unpaired) electrons. The van der Waals surface area contributed by atoms with Crippen LogP contribution in [0.4, 0.5) is 0 Å². The van der Waals surface area contributed by atoms with Gasteiger partial charge in [0.2, 0.25) is 0 Å². The maximum atomic E-state index is 11.4. The van der Waals surface area contributed by atoms with E-state index in [2.05, 4.69) is 4.84 Å². The van der Waals surface area contributed by atoms with Gasteiger partial charge in [-0.2, -0.15) is 0 Å². The summed E-state index contributed by atoms with van der Waals surface area (Å²) in [5.41, 5.74) is 1.02. The average Bonchev–Trinajstić information content (AvgIpc) is 2.27. The molecule has 0 amide bonds. The largest absolute Gasteiger partial charge is 0.462 e. The summed E-state index contributed by atoms with van der Waals surface area (Å²) in [6.45, 7) is 1.97. The summed E-state index contributed by atoms with van der Waals surface area (Å²) in [5.74, 6) is -0.422. The summed E-state index contributed by atoms with van der Waals surface area (Å²) >= 11 is 0. The normalized spacial score (nSPS) is 10.5. The van der Waals surface area contributed by atoms with Gasteiger partial charge in [0, 0.05) is 0 Å². The molecule has 0 aliphatic carbocycles. The van der Waals surface area contributed by atoms with E-state index in [4.69, 9.17) is 15.2 Å². The lowest BCUT2D eigenvalue weighted by Gasteiger charge is -2.07. The van der Waals surface area contributed by atoms with Gasteiger partial charge in [-0.3, -0.25) is 10.4 Å². The number of hydrogen-bond acceptors (Lipinski definition) is 6. The first-order chi connectivity index (χ1) is 7.63. The van der Waals surface area contributed by atoms with Gasteiger partial charge in [0.25, 0.3) is 0 Å². The van der Waals surface area contributed by atoms with Crippen molar-refractivity contribution in [2.75, 3.05) is 6.61 Å². The first kappa shape index (κ1) is 12.6. The van der Waals surface area contributed by atoms with Crippen LogP contribution in [-0.4, -0.2) is 28.4 Å². The van der Waals surface area contributed by atoms with E-state index < -0.39 is 5.97 Å². The molecule has 0 aliphatic heterocycles. The first-order valence-corrected chi connectivity index (χ1v) is 4.70. The maximum absolute atomic E-state index is 11.4. The van der Waals surface area contributed by atoms with Gasteiger partial charge in [0.05, 0.1) is 24.2 Å². The Morgan fingerprint density at radius 3 is 2.81 bits per heavy atom. The zero-order chi connectivity index (χ0) is 12.0. The molecule has 1 aromatic rings. The number of carbonyl (C=O) groups excluding carboxylic acids is 1. The molecule has 0 aliphatic rings. The fourth-order valence-corrected chi connectivity index (χ4v) is 1.13. The van der Waals surface area contributed by atoms with Gasteiger partial charge in [-0.05, 0) is 24.6 Å². The Labute approximate surface area is 92.5 Å². The molecular weight excluding hydrogens is 214 g/mol. The highest BCUT2D eigenvalue weighted by Crippen LogP contribution is 2.08. The average molecular weight is 227 g/mol. The van der Waals surface area contributed by atoms with Crippen molar-refractivity contribution in [3.63, 3.8) is 0 Å². The monoisotopic (exact) mass is 227 g/mol. The molecule has 6 heteroatoms. The Bertz CT molecular complexity index is 353. The summed E-state index contributed by atoms with van der Waals surface area (Å²) < 4.78 is 4.82. The van der Waals surface area contributed by atoms with Crippen molar-refractivity contribution in [1.82, 2.24) is 5.39 Å². The Morgan fingerprint density at radius 2 is 2.19 bits per heavy atom. The second kappa shape index (κ2) is 6.19. The highest BCUT2D eigenvalue weighted by molar-refractivity contribution is 5.89. The number of rotatable bonds is 5. The topological polar surface area (TPSA) is 79.2 Å². The number of benzene rings is 1. The van der Waals surface area contributed by atoms with E-state index in [0.29, 0.717) is 17.7 Å². The first-order valence-electron chi connectivity index (χ1n) is 4.70. The zero-order valence-electron chi connectivity index (χ0n) is 8.79. The number of esters is 1. The predicted molar refractivity (Wildman–Crippen MR) is 52.6 cm³/mol. The van der Waals surface area contributed by atoms with E-state index in [0.717, 1.165) is 0 Å². The molecule has 0 aromatic heterocycles. The molecule has 0 heterocycles. The molecular formula is C10H13NO5. The quantitative estimate of drug-likeness (QED) is 0.584. The predicted octanol–water partition coefficient (Wildman–Crippen LogP) is 1.38. The van der Waals surface area contributed by atoms with Gasteiger partial charge in [-0.1, -0.05) is 12.1 Å². The van der Waals surface area contributed by atoms with Gasteiger partial charge >= 0.3 is 5.97 Å². The minimum absolute atomic E-state index is 0.0553. The second-order valence-corrected chi connectivity index (χ2v) is 2.95. The van der Waals surface area contributed by atoms with Crippen molar-refractivity contribution in [3.8, 4) is 0 Å². The summed E-state index contributed by atoms with van der Waals surface area (Å²) in [4.78, 5) is 15.8. The van der Waals surface area contributed by atoms with Crippen LogP contribution in [0.5, 0.6) is 0 Å². The Morgan fingerprint density at radius 1 is 1.44 bits per heavy atom. The van der Waals surface area contributed by atoms with Crippen LogP contribution in [0, 0.1) is 0 Å². The third kappa shape index (κ3) is 3.95. The standard InChI is InChI=1S/C10H13NO5/c1-2-15-10(12)9-5-3-4-8(6-9)7-16-11(13)14/h3-6,13-14H,2,7H2,1H3. The minimum Gasteiger partial charge on any atom is -0.462 e. The summed E-state index contributed by atoms with van der Waals surface area (Å²) in [6.07, 6.45) is 0. The van der Waals surface area contributed by atoms with Crippen LogP contribution in [0.15, 0.2) is 24.3 Å². The summed E-state index contributed by atoms with van der Waals surface area (Å²) in [6, 6.07) is 6.51. The number of nitrogens with zero attached hydrogens (tertiary/aromatic N) is 1. The van der Waals surface area contributed by atoms with Crippen molar-refractivity contribution in [2.24, 2.45) is 0 Å². The van der Waals surface area contributed by atoms with Crippen molar-refractivity contribution in [1.29, 1.82) is 0 Å². The molecule has 88 valence electrons. The second-order valence-electron chi connectivity index (χ2n) is 2.95. The van der Waals surface area contributed by atoms with Crippen LogP contribution in [0.25, 0.3) is 0 Å². The van der Waals surface area contributed by atoms with Crippen LogP contribution in [-0.2, 0) is 16.2 Å². The third-order valence-electron chi connectivity index (χ3n) is 1.78. The maximum Gasteiger partial charge on any atom is 0.338 e. The minimum atomic E-state index is -0.422. The van der Waals surface area contributed by atoms with E-state index in [1.165, 1.54) is 0 Å². The zero-order valence-corrected chi connectivity index (χ0v) is 8.79. The van der Waals surface area contributed by atoms with Crippen LogP contribution >= 0.6 is 0 Å². The van der Waals surface area contributed by atoms with Gasteiger partial charge in [-0.25, -0.2) is 9.63 Å². The van der Waals surface area contributed by atoms with Crippen LogP contribution in [0.2, 0.25) is 0 Å². The van der Waals surface area contributed by atoms with Gasteiger partial charge in [0.1, 0.15) is 0 Å². The molecule has 0 fully saturated rings. The fraction of sp³-hybridized carbons (Fsp3) is 0.300. The number of ether oxygens (including phenoxy) is 1. The van der Waals surface area contributed by atoms with Crippen molar-refractivity contribution in [3.05, 3.63) is 35.4 Å². The highest BCUT2D eigenvalue weighted by Gasteiger charge is 2.07. The van der Waals surface area contributed by atoms with Crippen molar-refractivity contribution >= 4 is 5.97 Å². The summed E-state index contributed by atoms with van der Waals surface area (Å²) in [5, 5.41) is 16.3. The van der Waals surface area contributed by atoms with E-state index in [1.54, 1.807) is 31.2 Å². The van der Waals surface area contributed by atoms with Gasteiger partial charge < -0.3 is 4.74 Å². The van der Waals surface area contributed by atoms with Gasteiger partial charge in [-0.15, -0.1) is 0 Å². The van der Waals surface area contributed by atoms with Crippen molar-refractivity contribution < 1.29 is 24.8 Å². The fourth-order valence-electron chi connectivity index (χ4n) is 1.13. The molecule has 0 spiro atoms. The van der Waals surface area contributed by atoms with E-state index in [1.807, 2.05) is 0 Å². The SMILES string of the molecule is CCOC(=O)c1cccc(CON(O)O)c1. The third-order valence-corrected chi connectivity index (χ3v) is 1.78. The molecule has 1 aromatic carbocycles. The van der Waals surface area contributed by atoms with Gasteiger partial charge in [0.15, 0.2) is 0 Å². The van der Waals surface area contributed by atoms with E-state index in [9.17, 15) is 4.79 Å². The molecule has 16 heavy (non-hydrogen) atoms. The van der Waals surface area contributed by atoms with E-state index in [-0.39, 0.29) is 12.0 Å². The highest BCUT2D eigenvalue weighted by atomic mass is 17.1. The molecule has 0 bridgehead atoms. The van der Waals surface area contributed by atoms with Crippen molar-refractivity contribution in [2.45, 2.75) is 13.5 Å². The molecule has 0 saturated heterocycles. The molecule has 0 saturated carbocycles. The molecule has 0 unspecified atom stereocenters. The van der Waals surface area contributed by atoms with Crippen LogP contribution in [0.1, 0.15) is 22.8 Å². The summed E-state index contributed by atoms with van der Waals surface area (Å²) in [7, 11) is 0. The molecule has 0 atom stereocenters. The number of carbonyl (C=O) groups is 1. The Balaban J connectivity index is 2.67. The molecule has 2 N–H and O–H groups in total. The Kier molecular flexibility index (Phi) is 4.87. The molecule has 6 nitrogen and oxygen atoms in total. The lowest BCUT2D eigenvalue weighted by Crippen LogP contribution is -2.14. The Hall–Kier alpha value is -1.47. The van der Waals surface area contributed by atoms with E-state index >= 15 is 0 Å². The van der Waals surface area contributed by atoms with Crippen LogP contribution < -0.4 is 0 Å². The number of hydrogen-bond donors (Lipinski definition) is 2. The molecule has 1 rings (SSSR count). The smallest absolute Gasteiger partial charge is 0.338 e. The lowest BCUT2D eigenvalue weighted by atomic mass is 10.1.